The number of hydrogen-bond acceptors (Lipinski definition) is 3. The van der Waals surface area contributed by atoms with Crippen LogP contribution >= 0.6 is 9.24 Å². The van der Waals surface area contributed by atoms with Crippen molar-refractivity contribution in [1.82, 2.24) is 20.1 Å². The molecule has 1 aromatic rings. The molecule has 0 radical (unpaired) electrons. The van der Waals surface area contributed by atoms with E-state index in [1.807, 2.05) is 18.7 Å². The van der Waals surface area contributed by atoms with Crippen LogP contribution in [0.1, 0.15) is 78.7 Å². The lowest BCUT2D eigenvalue weighted by Gasteiger charge is -2.42. The molecule has 1 aromatic heterocycles. The van der Waals surface area contributed by atoms with Crippen LogP contribution in [0.2, 0.25) is 0 Å². The number of carbonyl (C=O) groups excluding carboxylic acids is 1. The third-order valence-electron chi connectivity index (χ3n) is 8.08. The van der Waals surface area contributed by atoms with Crippen LogP contribution in [-0.4, -0.2) is 39.9 Å². The molecule has 1 aliphatic heterocycles. The van der Waals surface area contributed by atoms with Crippen molar-refractivity contribution >= 4 is 21.2 Å². The monoisotopic (exact) mass is 573 g/mol. The van der Waals surface area contributed by atoms with Gasteiger partial charge in [-0.25, -0.2) is 13.6 Å². The van der Waals surface area contributed by atoms with E-state index in [2.05, 4.69) is 26.5 Å². The predicted molar refractivity (Wildman–Crippen MR) is 161 cm³/mol. The van der Waals surface area contributed by atoms with Crippen LogP contribution in [0.4, 0.5) is 13.6 Å². The highest BCUT2D eigenvalue weighted by molar-refractivity contribution is 7.23. The molecule has 40 heavy (non-hydrogen) atoms. The Kier molecular flexibility index (Phi) is 11.0. The number of allylic oxidation sites excluding steroid dienone is 4. The Labute approximate surface area is 238 Å². The Balaban J connectivity index is 2.19. The van der Waals surface area contributed by atoms with Gasteiger partial charge in [0.15, 0.2) is 0 Å². The van der Waals surface area contributed by atoms with E-state index in [4.69, 9.17) is 4.99 Å². The average molecular weight is 574 g/mol. The fourth-order valence-corrected chi connectivity index (χ4v) is 5.49. The summed E-state index contributed by atoms with van der Waals surface area (Å²) in [4.78, 5) is 37.2. The summed E-state index contributed by atoms with van der Waals surface area (Å²) in [6.45, 7) is 9.89. The number of pyridine rings is 1. The van der Waals surface area contributed by atoms with Gasteiger partial charge in [0.1, 0.15) is 5.82 Å². The number of hydrogen-bond donors (Lipinski definition) is 2. The molecule has 0 bridgehead atoms. The summed E-state index contributed by atoms with van der Waals surface area (Å²) in [5.41, 5.74) is 2.21. The fraction of sp³-hybridized carbons (Fsp3) is 0.500. The average Bonchev–Trinajstić information content (AvgIpc) is 3.42. The molecule has 2 N–H and O–H groups in total. The van der Waals surface area contributed by atoms with E-state index >= 15 is 0 Å². The first kappa shape index (κ1) is 31.5. The van der Waals surface area contributed by atoms with E-state index < -0.39 is 11.9 Å². The minimum atomic E-state index is -0.424. The van der Waals surface area contributed by atoms with Crippen LogP contribution in [0.15, 0.2) is 74.2 Å². The smallest absolute Gasteiger partial charge is 0.329 e. The first-order valence-corrected chi connectivity index (χ1v) is 14.5. The highest BCUT2D eigenvalue weighted by Crippen LogP contribution is 2.41. The Hall–Kier alpha value is -3.06. The predicted octanol–water partition coefficient (Wildman–Crippen LogP) is 7.05. The molecule has 0 spiro atoms. The zero-order valence-electron chi connectivity index (χ0n) is 24.2. The van der Waals surface area contributed by atoms with Gasteiger partial charge in [0.05, 0.1) is 25.2 Å². The highest BCUT2D eigenvalue weighted by atomic mass is 31.0. The summed E-state index contributed by atoms with van der Waals surface area (Å²) in [5.74, 6) is 0.525. The topological polar surface area (TPSA) is 80.8 Å². The number of urea groups is 1. The second kappa shape index (κ2) is 14.0. The molecular formula is C30H42F2N5O2P. The minimum absolute atomic E-state index is 0.0344. The van der Waals surface area contributed by atoms with Crippen LogP contribution < -0.4 is 10.9 Å². The van der Waals surface area contributed by atoms with Crippen LogP contribution in [-0.2, 0) is 6.54 Å². The number of nitrogens with one attached hydrogen (secondary N) is 2. The molecule has 10 heteroatoms. The minimum Gasteiger partial charge on any atom is -0.329 e. The molecule has 2 amide bonds. The summed E-state index contributed by atoms with van der Waals surface area (Å²) in [6, 6.07) is 3.00. The number of carbonyl (C=O) groups is 1. The van der Waals surface area contributed by atoms with Gasteiger partial charge in [-0.05, 0) is 80.7 Å². The van der Waals surface area contributed by atoms with Gasteiger partial charge in [-0.1, -0.05) is 32.8 Å². The molecule has 7 nitrogen and oxygen atoms in total. The van der Waals surface area contributed by atoms with Crippen molar-refractivity contribution in [2.45, 2.75) is 79.7 Å². The molecule has 2 fully saturated rings. The molecule has 2 heterocycles. The van der Waals surface area contributed by atoms with E-state index in [1.54, 1.807) is 25.3 Å². The largest absolute Gasteiger partial charge is 0.330 e. The number of H-pyrrole nitrogens is 1. The van der Waals surface area contributed by atoms with Crippen molar-refractivity contribution in [2.24, 2.45) is 10.4 Å². The molecule has 1 unspecified atom stereocenters. The summed E-state index contributed by atoms with van der Waals surface area (Å²) in [5, 5.41) is 3.26. The van der Waals surface area contributed by atoms with E-state index in [9.17, 15) is 18.4 Å². The van der Waals surface area contributed by atoms with Crippen molar-refractivity contribution in [3.8, 4) is 0 Å². The van der Waals surface area contributed by atoms with Gasteiger partial charge in [-0.2, -0.15) is 0 Å². The quantitative estimate of drug-likeness (QED) is 0.233. The molecule has 3 rings (SSSR count). The molecule has 2 aliphatic rings. The number of amides is 2. The Morgan fingerprint density at radius 3 is 2.45 bits per heavy atom. The lowest BCUT2D eigenvalue weighted by atomic mass is 9.83. The van der Waals surface area contributed by atoms with Crippen LogP contribution in [0.5, 0.6) is 0 Å². The van der Waals surface area contributed by atoms with Crippen LogP contribution in [0.25, 0.3) is 0 Å². The fourth-order valence-electron chi connectivity index (χ4n) is 5.31. The number of halogens is 2. The van der Waals surface area contributed by atoms with E-state index in [-0.39, 0.29) is 24.1 Å². The molecule has 0 aromatic carbocycles. The Morgan fingerprint density at radius 2 is 1.88 bits per heavy atom. The van der Waals surface area contributed by atoms with Crippen molar-refractivity contribution < 1.29 is 13.6 Å². The number of aliphatic imine (C=N–C) groups is 1. The molecule has 1 saturated heterocycles. The van der Waals surface area contributed by atoms with Gasteiger partial charge >= 0.3 is 6.03 Å². The third kappa shape index (κ3) is 7.36. The molecule has 1 aliphatic carbocycles. The lowest BCUT2D eigenvalue weighted by Crippen LogP contribution is -2.59. The molecule has 1 atom stereocenters. The van der Waals surface area contributed by atoms with E-state index in [1.165, 1.54) is 17.9 Å². The maximum atomic E-state index is 14.3. The van der Waals surface area contributed by atoms with E-state index in [0.717, 1.165) is 37.7 Å². The summed E-state index contributed by atoms with van der Waals surface area (Å²) in [6.07, 6.45) is 9.50. The van der Waals surface area contributed by atoms with Gasteiger partial charge < -0.3 is 4.98 Å². The van der Waals surface area contributed by atoms with Gasteiger partial charge in [-0.15, -0.1) is 9.24 Å². The maximum absolute atomic E-state index is 14.3. The number of aromatic nitrogens is 1. The zero-order chi connectivity index (χ0) is 29.4. The Bertz CT molecular complexity index is 1300. The van der Waals surface area contributed by atoms with Gasteiger partial charge in [0.25, 0.3) is 5.56 Å². The number of guanidine groups is 1. The number of nitrogens with zero attached hydrogens (tertiary/aromatic N) is 3. The van der Waals surface area contributed by atoms with Gasteiger partial charge in [0, 0.05) is 23.6 Å². The number of aromatic amines is 1. The molecule has 1 saturated carbocycles. The second-order valence-electron chi connectivity index (χ2n) is 10.7. The summed E-state index contributed by atoms with van der Waals surface area (Å²) >= 11 is 0. The Morgan fingerprint density at radius 1 is 1.18 bits per heavy atom. The van der Waals surface area contributed by atoms with Crippen molar-refractivity contribution in [1.29, 1.82) is 0 Å². The second-order valence-corrected chi connectivity index (χ2v) is 11.4. The lowest BCUT2D eigenvalue weighted by molar-refractivity contribution is 0.188. The van der Waals surface area contributed by atoms with E-state index in [0.29, 0.717) is 53.1 Å². The van der Waals surface area contributed by atoms with Crippen molar-refractivity contribution in [3.05, 3.63) is 80.3 Å². The highest BCUT2D eigenvalue weighted by Gasteiger charge is 2.37. The molecule has 218 valence electrons. The third-order valence-corrected chi connectivity index (χ3v) is 8.64. The van der Waals surface area contributed by atoms with Crippen LogP contribution in [0, 0.1) is 5.41 Å². The normalized spacial score (nSPS) is 21.1. The van der Waals surface area contributed by atoms with Crippen LogP contribution in [0.3, 0.4) is 0 Å². The first-order valence-electron chi connectivity index (χ1n) is 13.9. The first-order chi connectivity index (χ1) is 19.1. The van der Waals surface area contributed by atoms with Gasteiger partial charge in [0.2, 0.25) is 5.96 Å². The van der Waals surface area contributed by atoms with Crippen molar-refractivity contribution in [3.63, 3.8) is 0 Å². The zero-order valence-corrected chi connectivity index (χ0v) is 25.4. The SMILES string of the molecule is CC/C(C)=C1/N(Cc2ccc[nH]c2=O)C(=O)NC(=NCC2(CC)CCCC2)N1CC(/C=C(\C)F)=C(C)/C(P)=C/F. The number of rotatable bonds is 10. The maximum Gasteiger partial charge on any atom is 0.330 e. The summed E-state index contributed by atoms with van der Waals surface area (Å²) < 4.78 is 27.8. The summed E-state index contributed by atoms with van der Waals surface area (Å²) in [7, 11) is 2.35. The van der Waals surface area contributed by atoms with Gasteiger partial charge in [-0.3, -0.25) is 24.9 Å². The molecular weight excluding hydrogens is 531 g/mol. The standard InChI is InChI=1S/C30H42F2N5O2P/c1-6-20(3)27-36(18-24(15-21(4)32)22(5)25(40)16-31)28(34-19-30(7-2)12-8-9-13-30)35-29(39)37(27)17-23-11-10-14-33-26(23)38/h10-11,14-16H,6-9,12-13,17-19,40H2,1-5H3,(H,33,38)(H,34,35,39)/b21-15+,24-22+,25-16-,27-20+. The van der Waals surface area contributed by atoms with Crippen molar-refractivity contribution in [2.75, 3.05) is 13.1 Å².